The largest absolute Gasteiger partial charge is 0.326 e. The number of carbonyl (C=O) groups is 1. The van der Waals surface area contributed by atoms with Crippen molar-refractivity contribution >= 4 is 15.9 Å². The van der Waals surface area contributed by atoms with Crippen molar-refractivity contribution in [2.24, 2.45) is 11.8 Å². The van der Waals surface area contributed by atoms with Crippen molar-refractivity contribution in [3.63, 3.8) is 0 Å². The molecule has 1 aliphatic heterocycles. The number of sulfonamides is 1. The van der Waals surface area contributed by atoms with Crippen LogP contribution >= 0.6 is 0 Å². The zero-order valence-corrected chi connectivity index (χ0v) is 16.1. The predicted molar refractivity (Wildman–Crippen MR) is 96.5 cm³/mol. The smallest absolute Gasteiger partial charge is 0.237 e. The molecule has 4 aliphatic carbocycles. The molecule has 1 amide bonds. The molecule has 144 valence electrons. The molecule has 3 atom stereocenters. The number of carbonyl (C=O) groups excluding carboxylic acids is 1. The predicted octanol–water partition coefficient (Wildman–Crippen LogP) is 0.731. The molecule has 0 radical (unpaired) electrons. The summed E-state index contributed by atoms with van der Waals surface area (Å²) < 4.78 is 26.8. The first-order valence-corrected chi connectivity index (χ1v) is 11.5. The van der Waals surface area contributed by atoms with Gasteiger partial charge in [0.05, 0.1) is 18.9 Å². The fourth-order valence-corrected chi connectivity index (χ4v) is 7.57. The highest BCUT2D eigenvalue weighted by molar-refractivity contribution is 7.88. The molecule has 4 saturated carbocycles. The van der Waals surface area contributed by atoms with Crippen molar-refractivity contribution in [2.45, 2.75) is 68.5 Å². The average molecular weight is 381 g/mol. The zero-order chi connectivity index (χ0) is 18.6. The van der Waals surface area contributed by atoms with E-state index in [0.29, 0.717) is 18.4 Å². The van der Waals surface area contributed by atoms with Crippen molar-refractivity contribution in [1.82, 2.24) is 14.9 Å². The lowest BCUT2D eigenvalue weighted by Crippen LogP contribution is -2.69. The maximum absolute atomic E-state index is 12.6. The minimum atomic E-state index is -3.26. The second-order valence-electron chi connectivity index (χ2n) is 9.12. The van der Waals surface area contributed by atoms with Gasteiger partial charge in [-0.05, 0) is 63.2 Å². The lowest BCUT2D eigenvalue weighted by molar-refractivity contribution is -0.131. The van der Waals surface area contributed by atoms with E-state index in [2.05, 4.69) is 16.1 Å². The summed E-state index contributed by atoms with van der Waals surface area (Å²) in [5.41, 5.74) is -0.504. The molecule has 5 fully saturated rings. The molecular weight excluding hydrogens is 352 g/mol. The molecule has 2 N–H and O–H groups in total. The molecule has 4 bridgehead atoms. The molecule has 0 aromatic rings. The minimum absolute atomic E-state index is 0.00471. The summed E-state index contributed by atoms with van der Waals surface area (Å²) in [5.74, 6) is 1.04. The molecule has 0 aromatic heterocycles. The Labute approximate surface area is 155 Å². The number of hydrogen-bond acceptors (Lipinski definition) is 5. The first-order valence-electron chi connectivity index (χ1n) is 9.65. The molecule has 3 unspecified atom stereocenters. The molecule has 0 spiro atoms. The van der Waals surface area contributed by atoms with Crippen LogP contribution in [0.15, 0.2) is 0 Å². The normalized spacial score (nSPS) is 41.4. The Kier molecular flexibility index (Phi) is 4.33. The highest BCUT2D eigenvalue weighted by Crippen LogP contribution is 2.57. The first kappa shape index (κ1) is 18.2. The summed E-state index contributed by atoms with van der Waals surface area (Å²) in [6.07, 6.45) is 8.69. The van der Waals surface area contributed by atoms with Crippen LogP contribution < -0.4 is 10.0 Å². The summed E-state index contributed by atoms with van der Waals surface area (Å²) >= 11 is 0. The summed E-state index contributed by atoms with van der Waals surface area (Å²) in [5, 5.41) is 12.7. The van der Waals surface area contributed by atoms with Crippen molar-refractivity contribution in [3.8, 4) is 6.07 Å². The molecular formula is C18H28N4O3S. The van der Waals surface area contributed by atoms with Crippen LogP contribution in [-0.4, -0.2) is 55.7 Å². The monoisotopic (exact) mass is 380 g/mol. The molecule has 1 saturated heterocycles. The Morgan fingerprint density at radius 3 is 2.50 bits per heavy atom. The van der Waals surface area contributed by atoms with Crippen LogP contribution in [0.5, 0.6) is 0 Å². The van der Waals surface area contributed by atoms with Gasteiger partial charge in [0, 0.05) is 17.6 Å². The third-order valence-electron chi connectivity index (χ3n) is 6.80. The van der Waals surface area contributed by atoms with Gasteiger partial charge in [-0.2, -0.15) is 5.26 Å². The third-order valence-corrected chi connectivity index (χ3v) is 7.60. The Hall–Kier alpha value is -1.17. The van der Waals surface area contributed by atoms with Crippen molar-refractivity contribution in [1.29, 1.82) is 5.26 Å². The quantitative estimate of drug-likeness (QED) is 0.732. The molecule has 26 heavy (non-hydrogen) atoms. The van der Waals surface area contributed by atoms with Crippen molar-refractivity contribution < 1.29 is 13.2 Å². The molecule has 7 nitrogen and oxygen atoms in total. The SMILES string of the molecule is CS(=O)(=O)NC12CC3CC(CC(NCC(=O)N4CCCC4C#N)(C3)C1)C2. The highest BCUT2D eigenvalue weighted by atomic mass is 32.2. The number of amides is 1. The second-order valence-corrected chi connectivity index (χ2v) is 10.9. The summed E-state index contributed by atoms with van der Waals surface area (Å²) in [6.45, 7) is 0.906. The van der Waals surface area contributed by atoms with Gasteiger partial charge in [-0.3, -0.25) is 4.79 Å². The molecule has 0 aromatic carbocycles. The lowest BCUT2D eigenvalue weighted by atomic mass is 9.50. The van der Waals surface area contributed by atoms with E-state index in [1.54, 1.807) is 4.90 Å². The van der Waals surface area contributed by atoms with E-state index in [1.165, 1.54) is 12.7 Å². The number of nitrogens with one attached hydrogen (secondary N) is 2. The standard InChI is InChI=1S/C18H28N4O3S/c1-26(24,25)21-18-8-13-5-14(9-18)7-17(6-13,12-18)20-11-16(23)22-4-2-3-15(22)10-19/h13-15,20-21H,2-9,11-12H2,1H3. The van der Waals surface area contributed by atoms with Gasteiger partial charge in [-0.25, -0.2) is 13.1 Å². The summed E-state index contributed by atoms with van der Waals surface area (Å²) in [7, 11) is -3.26. The van der Waals surface area contributed by atoms with Crippen molar-refractivity contribution in [3.05, 3.63) is 0 Å². The van der Waals surface area contributed by atoms with Crippen LogP contribution in [0.4, 0.5) is 0 Å². The molecule has 8 heteroatoms. The van der Waals surface area contributed by atoms with Gasteiger partial charge in [0.15, 0.2) is 0 Å². The topological polar surface area (TPSA) is 102 Å². The van der Waals surface area contributed by atoms with Gasteiger partial charge < -0.3 is 10.2 Å². The van der Waals surface area contributed by atoms with E-state index >= 15 is 0 Å². The van der Waals surface area contributed by atoms with E-state index in [4.69, 9.17) is 0 Å². The lowest BCUT2D eigenvalue weighted by Gasteiger charge is -2.62. The van der Waals surface area contributed by atoms with Crippen LogP contribution in [0.2, 0.25) is 0 Å². The van der Waals surface area contributed by atoms with Gasteiger partial charge >= 0.3 is 0 Å². The van der Waals surface area contributed by atoms with Gasteiger partial charge in [-0.15, -0.1) is 0 Å². The van der Waals surface area contributed by atoms with Gasteiger partial charge in [0.25, 0.3) is 0 Å². The van der Waals surface area contributed by atoms with E-state index in [-0.39, 0.29) is 29.6 Å². The van der Waals surface area contributed by atoms with E-state index in [9.17, 15) is 18.5 Å². The maximum atomic E-state index is 12.6. The second kappa shape index (κ2) is 6.18. The Bertz CT molecular complexity index is 730. The van der Waals surface area contributed by atoms with Crippen LogP contribution in [0.25, 0.3) is 0 Å². The number of nitrogens with zero attached hydrogens (tertiary/aromatic N) is 2. The molecule has 1 heterocycles. The van der Waals surface area contributed by atoms with Crippen molar-refractivity contribution in [2.75, 3.05) is 19.3 Å². The van der Waals surface area contributed by atoms with Gasteiger partial charge in [-0.1, -0.05) is 0 Å². The van der Waals surface area contributed by atoms with E-state index < -0.39 is 10.0 Å². The molecule has 5 aliphatic rings. The van der Waals surface area contributed by atoms with E-state index in [0.717, 1.165) is 44.9 Å². The average Bonchev–Trinajstić information content (AvgIpc) is 2.97. The van der Waals surface area contributed by atoms with Crippen LogP contribution in [0, 0.1) is 23.2 Å². The number of nitriles is 1. The third kappa shape index (κ3) is 3.37. The minimum Gasteiger partial charge on any atom is -0.326 e. The van der Waals surface area contributed by atoms with Crippen LogP contribution in [0.1, 0.15) is 51.4 Å². The highest BCUT2D eigenvalue weighted by Gasteiger charge is 2.58. The number of likely N-dealkylation sites (tertiary alicyclic amines) is 1. The fraction of sp³-hybridized carbons (Fsp3) is 0.889. The summed E-state index contributed by atoms with van der Waals surface area (Å²) in [4.78, 5) is 14.3. The Morgan fingerprint density at radius 1 is 1.23 bits per heavy atom. The van der Waals surface area contributed by atoms with Crippen LogP contribution in [-0.2, 0) is 14.8 Å². The summed E-state index contributed by atoms with van der Waals surface area (Å²) in [6, 6.07) is 1.93. The fourth-order valence-electron chi connectivity index (χ4n) is 6.55. The van der Waals surface area contributed by atoms with Gasteiger partial charge in [0.1, 0.15) is 6.04 Å². The maximum Gasteiger partial charge on any atom is 0.237 e. The molecule has 5 rings (SSSR count). The van der Waals surface area contributed by atoms with Gasteiger partial charge in [0.2, 0.25) is 15.9 Å². The number of rotatable bonds is 5. The Morgan fingerprint density at radius 2 is 1.88 bits per heavy atom. The Balaban J connectivity index is 1.46. The zero-order valence-electron chi connectivity index (χ0n) is 15.3. The van der Waals surface area contributed by atoms with E-state index in [1.807, 2.05) is 0 Å². The van der Waals surface area contributed by atoms with Crippen LogP contribution in [0.3, 0.4) is 0 Å². The first-order chi connectivity index (χ1) is 12.2. The number of hydrogen-bond donors (Lipinski definition) is 2.